The molecule has 0 bridgehead atoms. The Bertz CT molecular complexity index is 821. The predicted octanol–water partition coefficient (Wildman–Crippen LogP) is 3.36. The maximum absolute atomic E-state index is 12.2. The molecule has 0 saturated heterocycles. The van der Waals surface area contributed by atoms with Crippen molar-refractivity contribution in [2.45, 2.75) is 6.92 Å². The van der Waals surface area contributed by atoms with Gasteiger partial charge in [-0.1, -0.05) is 11.6 Å². The summed E-state index contributed by atoms with van der Waals surface area (Å²) in [5, 5.41) is 3.24. The third-order valence-corrected chi connectivity index (χ3v) is 3.26. The van der Waals surface area contributed by atoms with Gasteiger partial charge in [-0.15, -0.1) is 0 Å². The molecule has 3 rings (SSSR count). The second-order valence-electron chi connectivity index (χ2n) is 4.78. The molecule has 21 heavy (non-hydrogen) atoms. The van der Waals surface area contributed by atoms with Gasteiger partial charge in [-0.05, 0) is 43.3 Å². The molecule has 4 N–H and O–H groups in total. The molecule has 6 heteroatoms. The summed E-state index contributed by atoms with van der Waals surface area (Å²) in [5.74, 6) is 0.566. The topological polar surface area (TPSA) is 83.8 Å². The number of nitrogens with zero attached hydrogens (tertiary/aromatic N) is 1. The summed E-state index contributed by atoms with van der Waals surface area (Å²) in [6.07, 6.45) is 0. The van der Waals surface area contributed by atoms with Crippen LogP contribution in [0.25, 0.3) is 11.0 Å². The minimum atomic E-state index is -0.264. The zero-order chi connectivity index (χ0) is 15.0. The van der Waals surface area contributed by atoms with Crippen LogP contribution in [0.15, 0.2) is 36.4 Å². The Labute approximate surface area is 126 Å². The van der Waals surface area contributed by atoms with Gasteiger partial charge in [-0.2, -0.15) is 0 Å². The van der Waals surface area contributed by atoms with Crippen molar-refractivity contribution < 1.29 is 4.79 Å². The smallest absolute Gasteiger partial charge is 0.255 e. The van der Waals surface area contributed by atoms with E-state index in [1.54, 1.807) is 24.3 Å². The summed E-state index contributed by atoms with van der Waals surface area (Å²) < 4.78 is 0. The van der Waals surface area contributed by atoms with Crippen LogP contribution in [0, 0.1) is 6.92 Å². The number of anilines is 2. The average molecular weight is 301 g/mol. The zero-order valence-corrected chi connectivity index (χ0v) is 12.0. The van der Waals surface area contributed by atoms with Gasteiger partial charge in [0.1, 0.15) is 5.82 Å². The Balaban J connectivity index is 1.88. The number of rotatable bonds is 2. The fourth-order valence-corrected chi connectivity index (χ4v) is 2.41. The summed E-state index contributed by atoms with van der Waals surface area (Å²) in [7, 11) is 0. The second kappa shape index (κ2) is 5.10. The minimum absolute atomic E-state index is 0.264. The molecule has 0 atom stereocenters. The van der Waals surface area contributed by atoms with Crippen LogP contribution in [0.4, 0.5) is 11.4 Å². The van der Waals surface area contributed by atoms with Gasteiger partial charge in [0.05, 0.1) is 11.0 Å². The van der Waals surface area contributed by atoms with Crippen molar-refractivity contribution in [2.24, 2.45) is 0 Å². The van der Waals surface area contributed by atoms with Gasteiger partial charge in [-0.3, -0.25) is 4.79 Å². The highest BCUT2D eigenvalue weighted by molar-refractivity contribution is 6.31. The van der Waals surface area contributed by atoms with E-state index in [9.17, 15) is 4.79 Å². The molecule has 0 radical (unpaired) electrons. The van der Waals surface area contributed by atoms with Crippen LogP contribution in [-0.4, -0.2) is 15.9 Å². The highest BCUT2D eigenvalue weighted by Gasteiger charge is 2.09. The molecule has 106 valence electrons. The first kappa shape index (κ1) is 13.5. The van der Waals surface area contributed by atoms with Gasteiger partial charge in [0.2, 0.25) is 0 Å². The standard InChI is InChI=1S/C15H13ClN4O/c1-8-18-13-3-2-12(7-14(13)19-8)20-15(21)9-4-10(16)6-11(17)5-9/h2-7H,17H2,1H3,(H,18,19)(H,20,21). The average Bonchev–Trinajstić information content (AvgIpc) is 2.77. The maximum Gasteiger partial charge on any atom is 0.255 e. The number of hydrogen-bond donors (Lipinski definition) is 3. The molecule has 5 nitrogen and oxygen atoms in total. The van der Waals surface area contributed by atoms with Gasteiger partial charge in [0.15, 0.2) is 0 Å². The van der Waals surface area contributed by atoms with Gasteiger partial charge in [-0.25, -0.2) is 4.98 Å². The number of hydrogen-bond acceptors (Lipinski definition) is 3. The first-order valence-electron chi connectivity index (χ1n) is 6.35. The number of aromatic amines is 1. The minimum Gasteiger partial charge on any atom is -0.399 e. The summed E-state index contributed by atoms with van der Waals surface area (Å²) in [5.41, 5.74) is 8.96. The van der Waals surface area contributed by atoms with Crippen molar-refractivity contribution in [3.05, 3.63) is 52.8 Å². The lowest BCUT2D eigenvalue weighted by atomic mass is 10.2. The number of aryl methyl sites for hydroxylation is 1. The van der Waals surface area contributed by atoms with E-state index in [4.69, 9.17) is 17.3 Å². The van der Waals surface area contributed by atoms with Gasteiger partial charge >= 0.3 is 0 Å². The van der Waals surface area contributed by atoms with Gasteiger partial charge < -0.3 is 16.0 Å². The molecule has 3 aromatic rings. The summed E-state index contributed by atoms with van der Waals surface area (Å²) in [6.45, 7) is 1.88. The molecule has 0 aliphatic heterocycles. The summed E-state index contributed by atoms with van der Waals surface area (Å²) in [6, 6.07) is 10.2. The lowest BCUT2D eigenvalue weighted by molar-refractivity contribution is 0.102. The molecule has 0 aliphatic carbocycles. The van der Waals surface area contributed by atoms with Crippen LogP contribution < -0.4 is 11.1 Å². The van der Waals surface area contributed by atoms with Gasteiger partial charge in [0.25, 0.3) is 5.91 Å². The number of halogens is 1. The number of aromatic nitrogens is 2. The summed E-state index contributed by atoms with van der Waals surface area (Å²) >= 11 is 5.90. The van der Waals surface area contributed by atoms with Crippen molar-refractivity contribution >= 4 is 39.9 Å². The number of H-pyrrole nitrogens is 1. The molecule has 0 saturated carbocycles. The van der Waals surface area contributed by atoms with E-state index in [1.165, 1.54) is 0 Å². The van der Waals surface area contributed by atoms with E-state index < -0.39 is 0 Å². The van der Waals surface area contributed by atoms with Crippen LogP contribution in [-0.2, 0) is 0 Å². The Morgan fingerprint density at radius 3 is 2.86 bits per heavy atom. The number of nitrogens with two attached hydrogens (primary N) is 1. The molecule has 0 spiro atoms. The van der Waals surface area contributed by atoms with Crippen LogP contribution in [0.3, 0.4) is 0 Å². The SMILES string of the molecule is Cc1nc2ccc(NC(=O)c3cc(N)cc(Cl)c3)cc2[nH]1. The number of nitrogen functional groups attached to an aromatic ring is 1. The molecular weight excluding hydrogens is 288 g/mol. The maximum atomic E-state index is 12.2. The van der Waals surface area contributed by atoms with E-state index in [1.807, 2.05) is 19.1 Å². The van der Waals surface area contributed by atoms with Crippen LogP contribution in [0.5, 0.6) is 0 Å². The number of amides is 1. The molecule has 0 unspecified atom stereocenters. The second-order valence-corrected chi connectivity index (χ2v) is 5.22. The summed E-state index contributed by atoms with van der Waals surface area (Å²) in [4.78, 5) is 19.6. The fraction of sp³-hybridized carbons (Fsp3) is 0.0667. The zero-order valence-electron chi connectivity index (χ0n) is 11.3. The van der Waals surface area contributed by atoms with Crippen molar-refractivity contribution in [1.29, 1.82) is 0 Å². The lowest BCUT2D eigenvalue weighted by Crippen LogP contribution is -2.12. The van der Waals surface area contributed by atoms with E-state index in [2.05, 4.69) is 15.3 Å². The first-order valence-corrected chi connectivity index (χ1v) is 6.73. The largest absolute Gasteiger partial charge is 0.399 e. The molecular formula is C15H13ClN4O. The predicted molar refractivity (Wildman–Crippen MR) is 84.6 cm³/mol. The van der Waals surface area contributed by atoms with Crippen LogP contribution in [0.1, 0.15) is 16.2 Å². The Morgan fingerprint density at radius 2 is 2.10 bits per heavy atom. The van der Waals surface area contributed by atoms with E-state index in [0.717, 1.165) is 16.9 Å². The highest BCUT2D eigenvalue weighted by Crippen LogP contribution is 2.20. The van der Waals surface area contributed by atoms with Crippen molar-refractivity contribution in [3.63, 3.8) is 0 Å². The van der Waals surface area contributed by atoms with Crippen molar-refractivity contribution in [2.75, 3.05) is 11.1 Å². The number of nitrogens with one attached hydrogen (secondary N) is 2. The van der Waals surface area contributed by atoms with Crippen molar-refractivity contribution in [3.8, 4) is 0 Å². The molecule has 0 fully saturated rings. The van der Waals surface area contributed by atoms with Crippen LogP contribution >= 0.6 is 11.6 Å². The fourth-order valence-electron chi connectivity index (χ4n) is 2.16. The van der Waals surface area contributed by atoms with Crippen molar-refractivity contribution in [1.82, 2.24) is 9.97 Å². The Morgan fingerprint density at radius 1 is 1.29 bits per heavy atom. The number of fused-ring (bicyclic) bond motifs is 1. The molecule has 1 aromatic heterocycles. The Hall–Kier alpha value is -2.53. The first-order chi connectivity index (χ1) is 10.0. The van der Waals surface area contributed by atoms with E-state index in [0.29, 0.717) is 22.0 Å². The normalized spacial score (nSPS) is 10.8. The van der Waals surface area contributed by atoms with E-state index >= 15 is 0 Å². The number of carbonyl (C=O) groups is 1. The highest BCUT2D eigenvalue weighted by atomic mass is 35.5. The molecule has 1 heterocycles. The lowest BCUT2D eigenvalue weighted by Gasteiger charge is -2.06. The van der Waals surface area contributed by atoms with Crippen LogP contribution in [0.2, 0.25) is 5.02 Å². The molecule has 0 aliphatic rings. The number of imidazole rings is 1. The van der Waals surface area contributed by atoms with Gasteiger partial charge in [0, 0.05) is 22.0 Å². The third-order valence-electron chi connectivity index (χ3n) is 3.04. The third kappa shape index (κ3) is 2.83. The van der Waals surface area contributed by atoms with E-state index in [-0.39, 0.29) is 5.91 Å². The quantitative estimate of drug-likeness (QED) is 0.634. The number of carbonyl (C=O) groups excluding carboxylic acids is 1. The number of benzene rings is 2. The monoisotopic (exact) mass is 300 g/mol. The molecule has 2 aromatic carbocycles. The Kier molecular flexibility index (Phi) is 3.27. The molecule has 1 amide bonds.